The van der Waals surface area contributed by atoms with E-state index in [0.717, 1.165) is 28.1 Å². The van der Waals surface area contributed by atoms with E-state index in [1.807, 2.05) is 50.2 Å². The predicted octanol–water partition coefficient (Wildman–Crippen LogP) is 5.40. The Kier molecular flexibility index (Phi) is 4.84. The topological polar surface area (TPSA) is 63.3 Å². The maximum Gasteiger partial charge on any atom is 0.243 e. The number of anilines is 1. The number of nitrogens with one attached hydrogen (secondary N) is 1. The first-order valence-corrected chi connectivity index (χ1v) is 9.28. The molecule has 0 saturated heterocycles. The van der Waals surface area contributed by atoms with E-state index in [9.17, 15) is 0 Å². The van der Waals surface area contributed by atoms with Crippen molar-refractivity contribution in [3.63, 3.8) is 0 Å². The second-order valence-corrected chi connectivity index (χ2v) is 7.14. The average molecular weight is 391 g/mol. The molecule has 0 amide bonds. The number of halogens is 1. The number of rotatable bonds is 3. The average Bonchev–Trinajstić information content (AvgIpc) is 2.66. The van der Waals surface area contributed by atoms with Crippen LogP contribution in [0.15, 0.2) is 64.1 Å². The highest BCUT2D eigenvalue weighted by Gasteiger charge is 2.07. The summed E-state index contributed by atoms with van der Waals surface area (Å²) in [6, 6.07) is 17.4. The zero-order chi connectivity index (χ0) is 19.7. The van der Waals surface area contributed by atoms with E-state index in [1.54, 1.807) is 6.07 Å². The molecule has 0 aliphatic rings. The third-order valence-corrected chi connectivity index (χ3v) is 4.54. The van der Waals surface area contributed by atoms with Crippen LogP contribution in [0, 0.1) is 20.8 Å². The number of nitrogens with zero attached hydrogens (tertiary/aromatic N) is 3. The van der Waals surface area contributed by atoms with Crippen molar-refractivity contribution in [2.75, 3.05) is 5.43 Å². The minimum absolute atomic E-state index is 0.449. The molecule has 0 saturated carbocycles. The van der Waals surface area contributed by atoms with Gasteiger partial charge in [0, 0.05) is 33.4 Å². The van der Waals surface area contributed by atoms with Crippen LogP contribution in [0.25, 0.3) is 22.3 Å². The standard InChI is InChI=1S/C22H19ClN4O/c1-13-4-6-16(7-5-13)21-12-19(18-11-17(23)8-9-20(18)28-21)26-27-22-24-14(2)10-15(3)25-22/h4-12H,1-3H3,(H,24,25,27)/b26-19+. The lowest BCUT2D eigenvalue weighted by Gasteiger charge is -2.06. The van der Waals surface area contributed by atoms with Crippen LogP contribution in [-0.4, -0.2) is 9.97 Å². The second kappa shape index (κ2) is 7.44. The monoisotopic (exact) mass is 390 g/mol. The zero-order valence-corrected chi connectivity index (χ0v) is 16.6. The second-order valence-electron chi connectivity index (χ2n) is 6.70. The van der Waals surface area contributed by atoms with Crippen LogP contribution >= 0.6 is 11.6 Å². The van der Waals surface area contributed by atoms with Crippen LogP contribution in [0.1, 0.15) is 17.0 Å². The number of benzene rings is 2. The summed E-state index contributed by atoms with van der Waals surface area (Å²) in [6.07, 6.45) is 0. The van der Waals surface area contributed by atoms with Crippen molar-refractivity contribution in [3.05, 3.63) is 81.9 Å². The highest BCUT2D eigenvalue weighted by atomic mass is 35.5. The van der Waals surface area contributed by atoms with Gasteiger partial charge in [-0.15, -0.1) is 0 Å². The van der Waals surface area contributed by atoms with Crippen molar-refractivity contribution in [2.24, 2.45) is 5.10 Å². The molecule has 0 aliphatic carbocycles. The molecule has 5 nitrogen and oxygen atoms in total. The van der Waals surface area contributed by atoms with Gasteiger partial charge in [-0.2, -0.15) is 5.10 Å². The molecule has 0 spiro atoms. The molecule has 28 heavy (non-hydrogen) atoms. The van der Waals surface area contributed by atoms with E-state index in [2.05, 4.69) is 39.6 Å². The van der Waals surface area contributed by atoms with E-state index in [-0.39, 0.29) is 0 Å². The molecule has 0 unspecified atom stereocenters. The Balaban J connectivity index is 1.86. The number of aryl methyl sites for hydroxylation is 3. The van der Waals surface area contributed by atoms with Crippen molar-refractivity contribution in [2.45, 2.75) is 20.8 Å². The smallest absolute Gasteiger partial charge is 0.243 e. The molecule has 0 fully saturated rings. The van der Waals surface area contributed by atoms with E-state index in [4.69, 9.17) is 16.0 Å². The lowest BCUT2D eigenvalue weighted by atomic mass is 10.1. The first kappa shape index (κ1) is 18.2. The summed E-state index contributed by atoms with van der Waals surface area (Å²) in [5, 5.41) is 6.66. The van der Waals surface area contributed by atoms with Gasteiger partial charge in [0.1, 0.15) is 11.3 Å². The highest BCUT2D eigenvalue weighted by molar-refractivity contribution is 6.31. The molecular weight excluding hydrogens is 372 g/mol. The Morgan fingerprint density at radius 1 is 0.893 bits per heavy atom. The molecule has 1 N–H and O–H groups in total. The molecule has 4 aromatic rings. The predicted molar refractivity (Wildman–Crippen MR) is 112 cm³/mol. The minimum Gasteiger partial charge on any atom is -0.456 e. The quantitative estimate of drug-likeness (QED) is 0.476. The fraction of sp³-hybridized carbons (Fsp3) is 0.136. The van der Waals surface area contributed by atoms with Gasteiger partial charge in [-0.25, -0.2) is 15.4 Å². The van der Waals surface area contributed by atoms with Crippen molar-refractivity contribution in [1.82, 2.24) is 9.97 Å². The normalized spacial score (nSPS) is 11.8. The first-order valence-electron chi connectivity index (χ1n) is 8.90. The van der Waals surface area contributed by atoms with E-state index < -0.39 is 0 Å². The summed E-state index contributed by atoms with van der Waals surface area (Å²) in [7, 11) is 0. The van der Waals surface area contributed by atoms with E-state index in [0.29, 0.717) is 21.9 Å². The Morgan fingerprint density at radius 3 is 2.32 bits per heavy atom. The van der Waals surface area contributed by atoms with Crippen LogP contribution in [0.3, 0.4) is 0 Å². The fourth-order valence-electron chi connectivity index (χ4n) is 2.98. The van der Waals surface area contributed by atoms with Crippen LogP contribution in [-0.2, 0) is 0 Å². The van der Waals surface area contributed by atoms with Crippen LogP contribution in [0.4, 0.5) is 5.95 Å². The molecule has 0 aliphatic heterocycles. The largest absolute Gasteiger partial charge is 0.456 e. The van der Waals surface area contributed by atoms with Gasteiger partial charge in [0.05, 0.1) is 5.36 Å². The van der Waals surface area contributed by atoms with E-state index in [1.165, 1.54) is 5.56 Å². The molecule has 2 aromatic heterocycles. The third-order valence-electron chi connectivity index (χ3n) is 4.30. The number of hydrogen-bond donors (Lipinski definition) is 1. The number of fused-ring (bicyclic) bond motifs is 1. The molecule has 140 valence electrons. The summed E-state index contributed by atoms with van der Waals surface area (Å²) in [6.45, 7) is 5.90. The van der Waals surface area contributed by atoms with Gasteiger partial charge in [0.2, 0.25) is 5.95 Å². The molecule has 2 heterocycles. The van der Waals surface area contributed by atoms with Gasteiger partial charge < -0.3 is 4.42 Å². The van der Waals surface area contributed by atoms with Gasteiger partial charge in [-0.3, -0.25) is 0 Å². The third kappa shape index (κ3) is 3.89. The van der Waals surface area contributed by atoms with Crippen LogP contribution < -0.4 is 10.8 Å². The van der Waals surface area contributed by atoms with Gasteiger partial charge in [0.15, 0.2) is 0 Å². The molecule has 2 aromatic carbocycles. The van der Waals surface area contributed by atoms with Gasteiger partial charge >= 0.3 is 0 Å². The van der Waals surface area contributed by atoms with Gasteiger partial charge in [-0.05, 0) is 45.0 Å². The molecule has 0 bridgehead atoms. The summed E-state index contributed by atoms with van der Waals surface area (Å²) in [5.41, 5.74) is 7.57. The minimum atomic E-state index is 0.449. The Hall–Kier alpha value is -3.18. The Morgan fingerprint density at radius 2 is 1.61 bits per heavy atom. The highest BCUT2D eigenvalue weighted by Crippen LogP contribution is 2.24. The SMILES string of the molecule is Cc1ccc(-c2c/c(=N\Nc3nc(C)cc(C)n3)c3cc(Cl)ccc3o2)cc1. The number of hydrogen-bond acceptors (Lipinski definition) is 5. The maximum absolute atomic E-state index is 6.20. The van der Waals surface area contributed by atoms with Crippen molar-refractivity contribution >= 4 is 28.5 Å². The first-order chi connectivity index (χ1) is 13.5. The zero-order valence-electron chi connectivity index (χ0n) is 15.8. The molecular formula is C22H19ClN4O. The molecule has 6 heteroatoms. The summed E-state index contributed by atoms with van der Waals surface area (Å²) in [4.78, 5) is 8.74. The number of aromatic nitrogens is 2. The van der Waals surface area contributed by atoms with Crippen molar-refractivity contribution < 1.29 is 4.42 Å². The lowest BCUT2D eigenvalue weighted by molar-refractivity contribution is 0.618. The summed E-state index contributed by atoms with van der Waals surface area (Å²) < 4.78 is 6.10. The fourth-order valence-corrected chi connectivity index (χ4v) is 3.15. The molecule has 4 rings (SSSR count). The Bertz CT molecular complexity index is 1210. The Labute approximate surface area is 167 Å². The summed E-state index contributed by atoms with van der Waals surface area (Å²) in [5.74, 6) is 1.17. The van der Waals surface area contributed by atoms with E-state index >= 15 is 0 Å². The van der Waals surface area contributed by atoms with Gasteiger partial charge in [-0.1, -0.05) is 41.4 Å². The molecule has 0 atom stereocenters. The molecule has 0 radical (unpaired) electrons. The summed E-state index contributed by atoms with van der Waals surface area (Å²) >= 11 is 6.20. The van der Waals surface area contributed by atoms with Gasteiger partial charge in [0.25, 0.3) is 0 Å². The lowest BCUT2D eigenvalue weighted by Crippen LogP contribution is -2.09. The van der Waals surface area contributed by atoms with Crippen LogP contribution in [0.5, 0.6) is 0 Å². The van der Waals surface area contributed by atoms with Crippen molar-refractivity contribution in [1.29, 1.82) is 0 Å². The van der Waals surface area contributed by atoms with Crippen LogP contribution in [0.2, 0.25) is 5.02 Å². The van der Waals surface area contributed by atoms with Crippen molar-refractivity contribution in [3.8, 4) is 11.3 Å². The maximum atomic E-state index is 6.20.